The molecule has 0 spiro atoms. The number of primary amides is 1. The van der Waals surface area contributed by atoms with Crippen LogP contribution in [0.25, 0.3) is 11.0 Å². The van der Waals surface area contributed by atoms with Crippen LogP contribution in [0.5, 0.6) is 5.75 Å². The van der Waals surface area contributed by atoms with Crippen LogP contribution in [0.15, 0.2) is 18.2 Å². The SMILES string of the molecule is CCCn1c(NC(=O)c2cc(C)nn2CC)nc2cc(C(N)=O)cc(OCCCNS(=O)(=O)N3CCOCC3)c21. The van der Waals surface area contributed by atoms with Gasteiger partial charge in [-0.2, -0.15) is 17.8 Å². The van der Waals surface area contributed by atoms with Gasteiger partial charge in [0.25, 0.3) is 16.1 Å². The van der Waals surface area contributed by atoms with Crippen molar-refractivity contribution >= 4 is 39.0 Å². The molecule has 14 nitrogen and oxygen atoms in total. The van der Waals surface area contributed by atoms with Crippen LogP contribution in [0.4, 0.5) is 5.95 Å². The number of imidazole rings is 1. The minimum atomic E-state index is -3.60. The first-order valence-electron chi connectivity index (χ1n) is 13.3. The summed E-state index contributed by atoms with van der Waals surface area (Å²) < 4.78 is 43.6. The summed E-state index contributed by atoms with van der Waals surface area (Å²) in [5, 5.41) is 7.21. The Morgan fingerprint density at radius 1 is 1.18 bits per heavy atom. The number of amides is 2. The van der Waals surface area contributed by atoms with Crippen LogP contribution in [0, 0.1) is 6.92 Å². The number of aryl methyl sites for hydroxylation is 3. The minimum Gasteiger partial charge on any atom is -0.491 e. The Hall–Kier alpha value is -3.53. The second-order valence-electron chi connectivity index (χ2n) is 9.35. The van der Waals surface area contributed by atoms with Crippen LogP contribution in [0.2, 0.25) is 0 Å². The first-order chi connectivity index (χ1) is 19.1. The van der Waals surface area contributed by atoms with Gasteiger partial charge in [-0.15, -0.1) is 0 Å². The number of nitrogens with zero attached hydrogens (tertiary/aromatic N) is 5. The van der Waals surface area contributed by atoms with Gasteiger partial charge in [0, 0.05) is 38.3 Å². The summed E-state index contributed by atoms with van der Waals surface area (Å²) in [7, 11) is -3.60. The van der Waals surface area contributed by atoms with Crippen molar-refractivity contribution in [2.45, 2.75) is 46.7 Å². The topological polar surface area (TPSA) is 176 Å². The van der Waals surface area contributed by atoms with Gasteiger partial charge in [0.2, 0.25) is 11.9 Å². The van der Waals surface area contributed by atoms with E-state index in [0.717, 1.165) is 12.1 Å². The Labute approximate surface area is 233 Å². The third-order valence-corrected chi connectivity index (χ3v) is 7.99. The van der Waals surface area contributed by atoms with E-state index in [1.807, 2.05) is 25.3 Å². The molecule has 40 heavy (non-hydrogen) atoms. The fraction of sp³-hybridized carbons (Fsp3) is 0.520. The second kappa shape index (κ2) is 12.8. The Kier molecular flexibility index (Phi) is 9.40. The van der Waals surface area contributed by atoms with E-state index in [4.69, 9.17) is 15.2 Å². The predicted octanol–water partition coefficient (Wildman–Crippen LogP) is 1.26. The Morgan fingerprint density at radius 2 is 1.93 bits per heavy atom. The predicted molar refractivity (Wildman–Crippen MR) is 149 cm³/mol. The van der Waals surface area contributed by atoms with Crippen molar-refractivity contribution in [1.82, 2.24) is 28.4 Å². The zero-order chi connectivity index (χ0) is 28.9. The van der Waals surface area contributed by atoms with Gasteiger partial charge in [-0.3, -0.25) is 19.6 Å². The third-order valence-electron chi connectivity index (χ3n) is 6.37. The van der Waals surface area contributed by atoms with Crippen molar-refractivity contribution in [3.8, 4) is 5.75 Å². The van der Waals surface area contributed by atoms with E-state index in [2.05, 4.69) is 20.1 Å². The van der Waals surface area contributed by atoms with Crippen molar-refractivity contribution < 1.29 is 27.5 Å². The Balaban J connectivity index is 1.54. The molecule has 0 radical (unpaired) electrons. The number of ether oxygens (including phenoxy) is 2. The summed E-state index contributed by atoms with van der Waals surface area (Å²) in [5.74, 6) is -0.352. The van der Waals surface area contributed by atoms with E-state index in [1.165, 1.54) is 10.4 Å². The lowest BCUT2D eigenvalue weighted by molar-refractivity contribution is 0.0725. The summed E-state index contributed by atoms with van der Waals surface area (Å²) >= 11 is 0. The Bertz CT molecular complexity index is 1480. The fourth-order valence-electron chi connectivity index (χ4n) is 4.49. The lowest BCUT2D eigenvalue weighted by atomic mass is 10.1. The van der Waals surface area contributed by atoms with Gasteiger partial charge in [0.05, 0.1) is 31.0 Å². The van der Waals surface area contributed by atoms with Crippen LogP contribution in [0.3, 0.4) is 0 Å². The average molecular weight is 577 g/mol. The molecule has 0 saturated carbocycles. The maximum absolute atomic E-state index is 13.1. The normalized spacial score (nSPS) is 14.5. The summed E-state index contributed by atoms with van der Waals surface area (Å²) in [4.78, 5) is 29.8. The number of carbonyl (C=O) groups is 2. The van der Waals surface area contributed by atoms with E-state index in [-0.39, 0.29) is 24.6 Å². The number of morpholine rings is 1. The van der Waals surface area contributed by atoms with E-state index in [1.54, 1.807) is 16.8 Å². The number of hydrogen-bond acceptors (Lipinski definition) is 8. The van der Waals surface area contributed by atoms with Crippen LogP contribution in [-0.2, 0) is 28.0 Å². The zero-order valence-electron chi connectivity index (χ0n) is 23.0. The molecule has 1 aliphatic rings. The second-order valence-corrected chi connectivity index (χ2v) is 11.1. The first kappa shape index (κ1) is 29.5. The summed E-state index contributed by atoms with van der Waals surface area (Å²) in [5.41, 5.74) is 7.93. The van der Waals surface area contributed by atoms with Crippen molar-refractivity contribution in [2.75, 3.05) is 44.8 Å². The highest BCUT2D eigenvalue weighted by atomic mass is 32.2. The molecule has 1 fully saturated rings. The lowest BCUT2D eigenvalue weighted by Gasteiger charge is -2.26. The molecule has 0 unspecified atom stereocenters. The molecule has 0 aliphatic carbocycles. The molecular formula is C25H36N8O6S. The largest absolute Gasteiger partial charge is 0.491 e. The molecule has 15 heteroatoms. The number of benzene rings is 1. The number of nitrogens with two attached hydrogens (primary N) is 1. The molecule has 218 valence electrons. The van der Waals surface area contributed by atoms with Crippen LogP contribution >= 0.6 is 0 Å². The molecule has 1 aliphatic heterocycles. The molecule has 2 amide bonds. The van der Waals surface area contributed by atoms with E-state index in [9.17, 15) is 18.0 Å². The molecular weight excluding hydrogens is 540 g/mol. The molecule has 4 N–H and O–H groups in total. The number of rotatable bonds is 13. The van der Waals surface area contributed by atoms with E-state index in [0.29, 0.717) is 74.2 Å². The standard InChI is InChI=1S/C25H36N8O6S/c1-4-8-32-22-19(28-25(32)29-24(35)20-14-17(3)30-33(20)5-2)15-18(23(26)34)16-21(22)39-11-6-7-27-40(36,37)31-9-12-38-13-10-31/h14-16,27H,4-13H2,1-3H3,(H2,26,34)(H,28,29,35). The highest BCUT2D eigenvalue weighted by Gasteiger charge is 2.24. The molecule has 2 aromatic heterocycles. The average Bonchev–Trinajstić information content (AvgIpc) is 3.48. The number of nitrogens with one attached hydrogen (secondary N) is 2. The van der Waals surface area contributed by atoms with Gasteiger partial charge >= 0.3 is 0 Å². The minimum absolute atomic E-state index is 0.164. The van der Waals surface area contributed by atoms with Gasteiger partial charge in [0.15, 0.2) is 0 Å². The fourth-order valence-corrected chi connectivity index (χ4v) is 5.70. The monoisotopic (exact) mass is 576 g/mol. The molecule has 1 saturated heterocycles. The van der Waals surface area contributed by atoms with Gasteiger partial charge < -0.3 is 19.8 Å². The summed E-state index contributed by atoms with van der Waals surface area (Å²) in [6, 6.07) is 4.81. The van der Waals surface area contributed by atoms with Crippen LogP contribution in [-0.4, -0.2) is 83.3 Å². The van der Waals surface area contributed by atoms with E-state index < -0.39 is 16.1 Å². The van der Waals surface area contributed by atoms with Crippen molar-refractivity contribution in [2.24, 2.45) is 5.73 Å². The number of anilines is 1. The van der Waals surface area contributed by atoms with Gasteiger partial charge in [-0.05, 0) is 44.9 Å². The van der Waals surface area contributed by atoms with Crippen LogP contribution in [0.1, 0.15) is 53.2 Å². The van der Waals surface area contributed by atoms with Gasteiger partial charge in [-0.1, -0.05) is 6.92 Å². The van der Waals surface area contributed by atoms with Crippen molar-refractivity contribution in [3.05, 3.63) is 35.2 Å². The quantitative estimate of drug-likeness (QED) is 0.255. The number of hydrogen-bond donors (Lipinski definition) is 3. The summed E-state index contributed by atoms with van der Waals surface area (Å²) in [6.07, 6.45) is 1.11. The Morgan fingerprint density at radius 3 is 2.60 bits per heavy atom. The number of aromatic nitrogens is 4. The highest BCUT2D eigenvalue weighted by Crippen LogP contribution is 2.31. The number of fused-ring (bicyclic) bond motifs is 1. The smallest absolute Gasteiger partial charge is 0.279 e. The highest BCUT2D eigenvalue weighted by molar-refractivity contribution is 7.87. The molecule has 0 atom stereocenters. The first-order valence-corrected chi connectivity index (χ1v) is 14.7. The maximum atomic E-state index is 13.1. The molecule has 4 rings (SSSR count). The molecule has 3 heterocycles. The maximum Gasteiger partial charge on any atom is 0.279 e. The molecule has 0 bridgehead atoms. The summed E-state index contributed by atoms with van der Waals surface area (Å²) in [6.45, 7) is 8.44. The zero-order valence-corrected chi connectivity index (χ0v) is 23.8. The van der Waals surface area contributed by atoms with Crippen molar-refractivity contribution in [3.63, 3.8) is 0 Å². The molecule has 1 aromatic carbocycles. The van der Waals surface area contributed by atoms with Gasteiger partial charge in [0.1, 0.15) is 17.0 Å². The van der Waals surface area contributed by atoms with Crippen LogP contribution < -0.4 is 20.5 Å². The molecule has 3 aromatic rings. The van der Waals surface area contributed by atoms with Gasteiger partial charge in [-0.25, -0.2) is 9.71 Å². The third kappa shape index (κ3) is 6.60. The lowest BCUT2D eigenvalue weighted by Crippen LogP contribution is -2.46. The van der Waals surface area contributed by atoms with E-state index >= 15 is 0 Å². The number of carbonyl (C=O) groups excluding carboxylic acids is 2. The van der Waals surface area contributed by atoms with Crippen molar-refractivity contribution in [1.29, 1.82) is 0 Å².